The van der Waals surface area contributed by atoms with Gasteiger partial charge in [0.2, 0.25) is 0 Å². The summed E-state index contributed by atoms with van der Waals surface area (Å²) in [5.41, 5.74) is 0. The van der Waals surface area contributed by atoms with Gasteiger partial charge in [0.15, 0.2) is 0 Å². The highest BCUT2D eigenvalue weighted by molar-refractivity contribution is 8.00. The van der Waals surface area contributed by atoms with Crippen molar-refractivity contribution in [1.29, 1.82) is 0 Å². The van der Waals surface area contributed by atoms with Gasteiger partial charge in [-0.25, -0.2) is 0 Å². The molecule has 0 aromatic carbocycles. The Labute approximate surface area is 122 Å². The van der Waals surface area contributed by atoms with Crippen LogP contribution in [0.25, 0.3) is 0 Å². The molecular weight excluding hydrogens is 256 g/mol. The molecule has 3 fully saturated rings. The van der Waals surface area contributed by atoms with Crippen LogP contribution in [0.5, 0.6) is 0 Å². The van der Waals surface area contributed by atoms with Crippen molar-refractivity contribution in [2.75, 3.05) is 13.7 Å². The SMILES string of the molecule is CCOC1CCC2C3CCC(OC)CC3SC2C1C. The summed E-state index contributed by atoms with van der Waals surface area (Å²) in [4.78, 5) is 0. The Hall–Kier alpha value is 0.270. The minimum absolute atomic E-state index is 0.511. The molecule has 7 atom stereocenters. The van der Waals surface area contributed by atoms with Crippen LogP contribution in [0.4, 0.5) is 0 Å². The Kier molecular flexibility index (Phi) is 4.45. The number of hydrogen-bond donors (Lipinski definition) is 0. The van der Waals surface area contributed by atoms with Crippen LogP contribution in [0, 0.1) is 17.8 Å². The van der Waals surface area contributed by atoms with Gasteiger partial charge in [0.1, 0.15) is 0 Å². The van der Waals surface area contributed by atoms with Crippen LogP contribution in [-0.4, -0.2) is 36.4 Å². The lowest BCUT2D eigenvalue weighted by Gasteiger charge is -2.39. The van der Waals surface area contributed by atoms with E-state index in [9.17, 15) is 0 Å². The first-order valence-corrected chi connectivity index (χ1v) is 8.98. The van der Waals surface area contributed by atoms with Crippen LogP contribution >= 0.6 is 11.8 Å². The molecule has 2 aliphatic carbocycles. The third-order valence-electron chi connectivity index (χ3n) is 5.70. The highest BCUT2D eigenvalue weighted by Gasteiger charge is 2.51. The van der Waals surface area contributed by atoms with Crippen molar-refractivity contribution in [3.63, 3.8) is 0 Å². The molecule has 1 saturated heterocycles. The maximum absolute atomic E-state index is 5.96. The lowest BCUT2D eigenvalue weighted by atomic mass is 9.69. The quantitative estimate of drug-likeness (QED) is 0.786. The first kappa shape index (κ1) is 14.2. The summed E-state index contributed by atoms with van der Waals surface area (Å²) in [5.74, 6) is 2.65. The van der Waals surface area contributed by atoms with E-state index in [1.54, 1.807) is 0 Å². The Morgan fingerprint density at radius 3 is 2.63 bits per heavy atom. The van der Waals surface area contributed by atoms with E-state index >= 15 is 0 Å². The molecule has 0 amide bonds. The van der Waals surface area contributed by atoms with Gasteiger partial charge in [0.05, 0.1) is 12.2 Å². The molecule has 7 unspecified atom stereocenters. The number of methoxy groups -OCH3 is 1. The largest absolute Gasteiger partial charge is 0.381 e. The van der Waals surface area contributed by atoms with Crippen molar-refractivity contribution in [3.05, 3.63) is 0 Å². The summed E-state index contributed by atoms with van der Waals surface area (Å²) in [6.45, 7) is 5.43. The lowest BCUT2D eigenvalue weighted by molar-refractivity contribution is -0.0170. The molecule has 3 rings (SSSR count). The summed E-state index contributed by atoms with van der Waals surface area (Å²) in [5, 5.41) is 1.70. The Balaban J connectivity index is 1.68. The van der Waals surface area contributed by atoms with Gasteiger partial charge in [-0.05, 0) is 56.8 Å². The van der Waals surface area contributed by atoms with E-state index in [-0.39, 0.29) is 0 Å². The molecule has 2 nitrogen and oxygen atoms in total. The van der Waals surface area contributed by atoms with Crippen molar-refractivity contribution in [2.24, 2.45) is 17.8 Å². The minimum Gasteiger partial charge on any atom is -0.381 e. The van der Waals surface area contributed by atoms with E-state index in [1.807, 2.05) is 7.11 Å². The molecule has 2 saturated carbocycles. The molecule has 0 radical (unpaired) electrons. The number of hydrogen-bond acceptors (Lipinski definition) is 3. The van der Waals surface area contributed by atoms with Gasteiger partial charge in [-0.1, -0.05) is 6.92 Å². The van der Waals surface area contributed by atoms with Crippen LogP contribution in [0.15, 0.2) is 0 Å². The summed E-state index contributed by atoms with van der Waals surface area (Å²) in [6.07, 6.45) is 7.67. The predicted molar refractivity (Wildman–Crippen MR) is 80.6 cm³/mol. The highest BCUT2D eigenvalue weighted by atomic mass is 32.2. The Morgan fingerprint density at radius 1 is 1.11 bits per heavy atom. The van der Waals surface area contributed by atoms with Gasteiger partial charge in [-0.3, -0.25) is 0 Å². The van der Waals surface area contributed by atoms with E-state index in [1.165, 1.54) is 32.1 Å². The van der Waals surface area contributed by atoms with Gasteiger partial charge in [0, 0.05) is 24.2 Å². The highest BCUT2D eigenvalue weighted by Crippen LogP contribution is 2.56. The van der Waals surface area contributed by atoms with E-state index in [2.05, 4.69) is 25.6 Å². The Bertz CT molecular complexity index is 309. The molecule has 0 aromatic rings. The maximum atomic E-state index is 5.96. The molecule has 3 heteroatoms. The molecule has 0 spiro atoms. The number of rotatable bonds is 3. The Morgan fingerprint density at radius 2 is 1.89 bits per heavy atom. The van der Waals surface area contributed by atoms with Crippen molar-refractivity contribution in [3.8, 4) is 0 Å². The molecular formula is C16H28O2S. The van der Waals surface area contributed by atoms with Crippen LogP contribution in [0.3, 0.4) is 0 Å². The minimum atomic E-state index is 0.511. The van der Waals surface area contributed by atoms with E-state index in [0.29, 0.717) is 12.2 Å². The zero-order chi connectivity index (χ0) is 13.4. The van der Waals surface area contributed by atoms with Crippen LogP contribution in [-0.2, 0) is 9.47 Å². The topological polar surface area (TPSA) is 18.5 Å². The van der Waals surface area contributed by atoms with Crippen molar-refractivity contribution < 1.29 is 9.47 Å². The first-order valence-electron chi connectivity index (χ1n) is 8.04. The third kappa shape index (κ3) is 2.58. The first-order chi connectivity index (χ1) is 9.24. The molecule has 3 aliphatic rings. The lowest BCUT2D eigenvalue weighted by Crippen LogP contribution is -2.40. The van der Waals surface area contributed by atoms with E-state index in [0.717, 1.165) is 34.9 Å². The number of ether oxygens (including phenoxy) is 2. The average molecular weight is 284 g/mol. The number of fused-ring (bicyclic) bond motifs is 3. The smallest absolute Gasteiger partial charge is 0.0611 e. The van der Waals surface area contributed by atoms with Gasteiger partial charge in [0.25, 0.3) is 0 Å². The van der Waals surface area contributed by atoms with Gasteiger partial charge < -0.3 is 9.47 Å². The third-order valence-corrected chi connectivity index (χ3v) is 7.69. The molecule has 0 N–H and O–H groups in total. The monoisotopic (exact) mass is 284 g/mol. The second-order valence-corrected chi connectivity index (χ2v) is 7.99. The average Bonchev–Trinajstić information content (AvgIpc) is 2.80. The molecule has 0 aromatic heterocycles. The molecule has 1 heterocycles. The maximum Gasteiger partial charge on any atom is 0.0611 e. The van der Waals surface area contributed by atoms with Crippen molar-refractivity contribution in [1.82, 2.24) is 0 Å². The fourth-order valence-electron chi connectivity index (χ4n) is 4.70. The van der Waals surface area contributed by atoms with Crippen LogP contribution in [0.2, 0.25) is 0 Å². The van der Waals surface area contributed by atoms with E-state index in [4.69, 9.17) is 9.47 Å². The van der Waals surface area contributed by atoms with E-state index < -0.39 is 0 Å². The van der Waals surface area contributed by atoms with Gasteiger partial charge in [-0.15, -0.1) is 0 Å². The number of thioether (sulfide) groups is 1. The van der Waals surface area contributed by atoms with Gasteiger partial charge >= 0.3 is 0 Å². The second kappa shape index (κ2) is 5.95. The van der Waals surface area contributed by atoms with Crippen LogP contribution in [0.1, 0.15) is 46.0 Å². The second-order valence-electron chi connectivity index (χ2n) is 6.57. The standard InChI is InChI=1S/C16H28O2S/c1-4-18-14-8-7-13-12-6-5-11(17-3)9-15(12)19-16(13)10(14)2/h10-16H,4-9H2,1-3H3. The predicted octanol–water partition coefficient (Wildman–Crippen LogP) is 3.74. The van der Waals surface area contributed by atoms with Gasteiger partial charge in [-0.2, -0.15) is 11.8 Å². The molecule has 0 bridgehead atoms. The molecule has 110 valence electrons. The van der Waals surface area contributed by atoms with Crippen molar-refractivity contribution >= 4 is 11.8 Å². The van der Waals surface area contributed by atoms with Crippen molar-refractivity contribution in [2.45, 2.75) is 68.7 Å². The fourth-order valence-corrected chi connectivity index (χ4v) is 6.93. The fraction of sp³-hybridized carbons (Fsp3) is 1.00. The summed E-state index contributed by atoms with van der Waals surface area (Å²) < 4.78 is 11.6. The molecule has 19 heavy (non-hydrogen) atoms. The zero-order valence-electron chi connectivity index (χ0n) is 12.5. The zero-order valence-corrected chi connectivity index (χ0v) is 13.3. The summed E-state index contributed by atoms with van der Waals surface area (Å²) in [6, 6.07) is 0. The molecule has 1 aliphatic heterocycles. The van der Waals surface area contributed by atoms with Crippen LogP contribution < -0.4 is 0 Å². The summed E-state index contributed by atoms with van der Waals surface area (Å²) >= 11 is 2.28. The summed E-state index contributed by atoms with van der Waals surface area (Å²) in [7, 11) is 1.88. The normalized spacial score (nSPS) is 49.7.